The van der Waals surface area contributed by atoms with Crippen molar-refractivity contribution in [2.75, 3.05) is 13.1 Å². The van der Waals surface area contributed by atoms with E-state index in [0.29, 0.717) is 18.2 Å². The van der Waals surface area contributed by atoms with Crippen molar-refractivity contribution in [2.45, 2.75) is 69.2 Å². The van der Waals surface area contributed by atoms with E-state index in [9.17, 15) is 9.59 Å². The number of nitrogens with zero attached hydrogens (tertiary/aromatic N) is 2. The molecule has 1 spiro atoms. The van der Waals surface area contributed by atoms with E-state index >= 15 is 0 Å². The number of nitrogens with one attached hydrogen (secondary N) is 1. The Balaban J connectivity index is 1.29. The number of hydrogen-bond donors (Lipinski definition) is 1. The van der Waals surface area contributed by atoms with Crippen molar-refractivity contribution in [3.05, 3.63) is 65.0 Å². The van der Waals surface area contributed by atoms with Gasteiger partial charge < -0.3 is 10.2 Å². The summed E-state index contributed by atoms with van der Waals surface area (Å²) in [5, 5.41) is 3.21. The van der Waals surface area contributed by atoms with Gasteiger partial charge in [0.1, 0.15) is 5.69 Å². The van der Waals surface area contributed by atoms with E-state index in [1.165, 1.54) is 17.5 Å². The van der Waals surface area contributed by atoms with Gasteiger partial charge in [0.15, 0.2) is 0 Å². The number of hydrogen-bond acceptors (Lipinski definition) is 3. The van der Waals surface area contributed by atoms with Crippen LogP contribution >= 0.6 is 0 Å². The predicted octanol–water partition coefficient (Wildman–Crippen LogP) is 4.11. The van der Waals surface area contributed by atoms with Crippen molar-refractivity contribution in [1.82, 2.24) is 15.2 Å². The van der Waals surface area contributed by atoms with E-state index in [1.54, 1.807) is 6.07 Å². The Morgan fingerprint density at radius 2 is 1.87 bits per heavy atom. The van der Waals surface area contributed by atoms with Gasteiger partial charge >= 0.3 is 0 Å². The molecular formula is C26H31N3O2. The van der Waals surface area contributed by atoms with Gasteiger partial charge in [-0.3, -0.25) is 9.59 Å². The maximum absolute atomic E-state index is 13.0. The van der Waals surface area contributed by atoms with Gasteiger partial charge in [-0.25, -0.2) is 4.98 Å². The SMILES string of the molecule is Cc1cccc(C(=O)N2CCC3(CC2)C[C@H](CC(=O)NC2CCC2)c2ccccc23)n1. The van der Waals surface area contributed by atoms with Gasteiger partial charge in [0.05, 0.1) is 0 Å². The molecule has 162 valence electrons. The van der Waals surface area contributed by atoms with E-state index in [2.05, 4.69) is 34.6 Å². The molecule has 5 heteroatoms. The maximum atomic E-state index is 13.0. The molecule has 1 N–H and O–H groups in total. The number of pyridine rings is 1. The topological polar surface area (TPSA) is 62.3 Å². The fourth-order valence-electron chi connectivity index (χ4n) is 5.71. The second-order valence-electron chi connectivity index (χ2n) is 9.62. The zero-order chi connectivity index (χ0) is 21.4. The fraction of sp³-hybridized carbons (Fsp3) is 0.500. The third-order valence-electron chi connectivity index (χ3n) is 7.63. The van der Waals surface area contributed by atoms with Crippen LogP contribution in [0.5, 0.6) is 0 Å². The zero-order valence-corrected chi connectivity index (χ0v) is 18.3. The van der Waals surface area contributed by atoms with Crippen LogP contribution in [0.3, 0.4) is 0 Å². The average molecular weight is 418 g/mol. The minimum atomic E-state index is 0.0289. The number of carbonyl (C=O) groups excluding carboxylic acids is 2. The maximum Gasteiger partial charge on any atom is 0.272 e. The van der Waals surface area contributed by atoms with Crippen molar-refractivity contribution in [1.29, 1.82) is 0 Å². The largest absolute Gasteiger partial charge is 0.353 e. The Kier molecular flexibility index (Phi) is 5.28. The molecule has 2 amide bonds. The first-order valence-corrected chi connectivity index (χ1v) is 11.7. The highest BCUT2D eigenvalue weighted by Gasteiger charge is 2.46. The number of benzene rings is 1. The normalized spacial score (nSPS) is 22.1. The molecule has 2 heterocycles. The first kappa shape index (κ1) is 20.2. The summed E-state index contributed by atoms with van der Waals surface area (Å²) in [6.07, 6.45) is 6.95. The molecule has 1 aromatic carbocycles. The monoisotopic (exact) mass is 417 g/mol. The summed E-state index contributed by atoms with van der Waals surface area (Å²) in [7, 11) is 0. The number of rotatable bonds is 4. The molecule has 0 radical (unpaired) electrons. The first-order valence-electron chi connectivity index (χ1n) is 11.7. The Morgan fingerprint density at radius 3 is 2.58 bits per heavy atom. The van der Waals surface area contributed by atoms with E-state index in [1.807, 2.05) is 24.0 Å². The lowest BCUT2D eigenvalue weighted by Crippen LogP contribution is -2.44. The molecule has 1 saturated heterocycles. The Labute approximate surface area is 184 Å². The molecule has 0 bridgehead atoms. The molecule has 3 aliphatic rings. The number of aryl methyl sites for hydroxylation is 1. The lowest BCUT2D eigenvalue weighted by molar-refractivity contribution is -0.122. The number of amides is 2. The average Bonchev–Trinajstić information content (AvgIpc) is 3.04. The lowest BCUT2D eigenvalue weighted by Gasteiger charge is -2.40. The fourth-order valence-corrected chi connectivity index (χ4v) is 5.71. The smallest absolute Gasteiger partial charge is 0.272 e. The number of fused-ring (bicyclic) bond motifs is 2. The Bertz CT molecular complexity index is 990. The number of likely N-dealkylation sites (tertiary alicyclic amines) is 1. The second-order valence-corrected chi connectivity index (χ2v) is 9.62. The highest BCUT2D eigenvalue weighted by Crippen LogP contribution is 2.52. The van der Waals surface area contributed by atoms with Crippen LogP contribution in [-0.4, -0.2) is 40.8 Å². The second kappa shape index (κ2) is 8.10. The molecule has 1 atom stereocenters. The van der Waals surface area contributed by atoms with Gasteiger partial charge in [0.2, 0.25) is 5.91 Å². The van der Waals surface area contributed by atoms with Crippen LogP contribution in [0.15, 0.2) is 42.5 Å². The summed E-state index contributed by atoms with van der Waals surface area (Å²) in [6, 6.07) is 14.7. The molecule has 0 unspecified atom stereocenters. The quantitative estimate of drug-likeness (QED) is 0.814. The Morgan fingerprint density at radius 1 is 1.10 bits per heavy atom. The molecular weight excluding hydrogens is 386 g/mol. The van der Waals surface area contributed by atoms with Gasteiger partial charge in [-0.15, -0.1) is 0 Å². The van der Waals surface area contributed by atoms with Crippen LogP contribution in [0.2, 0.25) is 0 Å². The summed E-state index contributed by atoms with van der Waals surface area (Å²) in [4.78, 5) is 32.0. The van der Waals surface area contributed by atoms with Crippen molar-refractivity contribution in [3.8, 4) is 0 Å². The van der Waals surface area contributed by atoms with Crippen molar-refractivity contribution < 1.29 is 9.59 Å². The van der Waals surface area contributed by atoms with E-state index in [0.717, 1.165) is 50.9 Å². The van der Waals surface area contributed by atoms with Crippen LogP contribution in [-0.2, 0) is 10.2 Å². The van der Waals surface area contributed by atoms with Crippen LogP contribution in [0.4, 0.5) is 0 Å². The summed E-state index contributed by atoms with van der Waals surface area (Å²) < 4.78 is 0. The van der Waals surface area contributed by atoms with Crippen LogP contribution < -0.4 is 5.32 Å². The molecule has 31 heavy (non-hydrogen) atoms. The minimum absolute atomic E-state index is 0.0289. The van der Waals surface area contributed by atoms with Crippen LogP contribution in [0, 0.1) is 6.92 Å². The van der Waals surface area contributed by atoms with Gasteiger partial charge in [-0.2, -0.15) is 0 Å². The first-order chi connectivity index (χ1) is 15.0. The number of aromatic nitrogens is 1. The molecule has 2 aliphatic carbocycles. The predicted molar refractivity (Wildman–Crippen MR) is 120 cm³/mol. The van der Waals surface area contributed by atoms with E-state index < -0.39 is 0 Å². The standard InChI is InChI=1S/C26H31N3O2/c1-18-6-4-11-23(27-18)25(31)29-14-12-26(13-15-29)17-19(21-9-2-3-10-22(21)26)16-24(30)28-20-7-5-8-20/h2-4,6,9-11,19-20H,5,7-8,12-17H2,1H3,(H,28,30)/t19-/m0/s1. The van der Waals surface area contributed by atoms with Gasteiger partial charge in [0.25, 0.3) is 5.91 Å². The minimum Gasteiger partial charge on any atom is -0.353 e. The summed E-state index contributed by atoms with van der Waals surface area (Å²) in [5.41, 5.74) is 4.22. The lowest BCUT2D eigenvalue weighted by atomic mass is 9.73. The van der Waals surface area contributed by atoms with Crippen molar-refractivity contribution in [2.24, 2.45) is 0 Å². The molecule has 5 rings (SSSR count). The highest BCUT2D eigenvalue weighted by molar-refractivity contribution is 5.92. The number of piperidine rings is 1. The summed E-state index contributed by atoms with van der Waals surface area (Å²) in [5.74, 6) is 0.498. The number of carbonyl (C=O) groups is 2. The molecule has 1 saturated carbocycles. The van der Waals surface area contributed by atoms with E-state index in [4.69, 9.17) is 0 Å². The third kappa shape index (κ3) is 3.86. The zero-order valence-electron chi connectivity index (χ0n) is 18.3. The van der Waals surface area contributed by atoms with Crippen LogP contribution in [0.25, 0.3) is 0 Å². The molecule has 5 nitrogen and oxygen atoms in total. The molecule has 2 fully saturated rings. The highest BCUT2D eigenvalue weighted by atomic mass is 16.2. The van der Waals surface area contributed by atoms with E-state index in [-0.39, 0.29) is 23.1 Å². The summed E-state index contributed by atoms with van der Waals surface area (Å²) in [6.45, 7) is 3.40. The third-order valence-corrected chi connectivity index (χ3v) is 7.63. The van der Waals surface area contributed by atoms with Gasteiger partial charge in [-0.1, -0.05) is 30.3 Å². The summed E-state index contributed by atoms with van der Waals surface area (Å²) >= 11 is 0. The van der Waals surface area contributed by atoms with Crippen molar-refractivity contribution in [3.63, 3.8) is 0 Å². The molecule has 2 aromatic rings. The Hall–Kier alpha value is -2.69. The molecule has 1 aromatic heterocycles. The van der Waals surface area contributed by atoms with Crippen LogP contribution in [0.1, 0.15) is 78.2 Å². The van der Waals surface area contributed by atoms with Gasteiger partial charge in [-0.05, 0) is 80.0 Å². The molecule has 1 aliphatic heterocycles. The van der Waals surface area contributed by atoms with Crippen molar-refractivity contribution >= 4 is 11.8 Å². The van der Waals surface area contributed by atoms with Gasteiger partial charge in [0, 0.05) is 31.2 Å².